The van der Waals surface area contributed by atoms with Crippen molar-refractivity contribution in [2.45, 2.75) is 12.5 Å². The Bertz CT molecular complexity index is 328. The molecule has 6 heteroatoms. The minimum absolute atomic E-state index is 0.0128. The van der Waals surface area contributed by atoms with Crippen LogP contribution < -0.4 is 5.32 Å². The van der Waals surface area contributed by atoms with E-state index in [1.807, 2.05) is 6.92 Å². The van der Waals surface area contributed by atoms with Crippen molar-refractivity contribution in [3.8, 4) is 0 Å². The maximum Gasteiger partial charge on any atom is 0.249 e. The molecule has 96 valence electrons. The van der Waals surface area contributed by atoms with Gasteiger partial charge in [-0.1, -0.05) is 0 Å². The molecule has 0 aromatic carbocycles. The second-order valence-corrected chi connectivity index (χ2v) is 4.97. The zero-order valence-electron chi connectivity index (χ0n) is 10.4. The molecule has 1 N–H and O–H groups in total. The molecule has 2 aliphatic rings. The van der Waals surface area contributed by atoms with Crippen molar-refractivity contribution in [2.75, 3.05) is 46.4 Å². The van der Waals surface area contributed by atoms with E-state index in [9.17, 15) is 9.59 Å². The van der Waals surface area contributed by atoms with Crippen molar-refractivity contribution < 1.29 is 14.3 Å². The molecule has 2 heterocycles. The molecule has 0 spiro atoms. The van der Waals surface area contributed by atoms with Crippen LogP contribution in [0.5, 0.6) is 0 Å². The molecule has 6 nitrogen and oxygen atoms in total. The van der Waals surface area contributed by atoms with Crippen LogP contribution >= 0.6 is 0 Å². The third kappa shape index (κ3) is 2.76. The zero-order valence-corrected chi connectivity index (χ0v) is 10.4. The Morgan fingerprint density at radius 3 is 2.71 bits per heavy atom. The fourth-order valence-corrected chi connectivity index (χ4v) is 1.88. The van der Waals surface area contributed by atoms with Gasteiger partial charge in [0.25, 0.3) is 0 Å². The highest BCUT2D eigenvalue weighted by Crippen LogP contribution is 2.15. The van der Waals surface area contributed by atoms with E-state index in [1.165, 1.54) is 0 Å². The van der Waals surface area contributed by atoms with Crippen LogP contribution in [0.1, 0.15) is 6.92 Å². The monoisotopic (exact) mass is 241 g/mol. The Hall–Kier alpha value is -1.14. The number of likely N-dealkylation sites (N-methyl/N-ethyl adjacent to an activating group) is 1. The summed E-state index contributed by atoms with van der Waals surface area (Å²) in [5.41, 5.74) is -0.216. The standard InChI is InChI=1S/C11H19N3O3/c1-11(7-12-8-11)17-6-10(16)14-4-3-13(2)9(15)5-14/h12H,3-8H2,1-2H3. The van der Waals surface area contributed by atoms with Crippen LogP contribution in [0.25, 0.3) is 0 Å². The lowest BCUT2D eigenvalue weighted by Gasteiger charge is -2.39. The van der Waals surface area contributed by atoms with Gasteiger partial charge in [-0.3, -0.25) is 9.59 Å². The summed E-state index contributed by atoms with van der Waals surface area (Å²) < 4.78 is 5.56. The minimum Gasteiger partial charge on any atom is -0.363 e. The lowest BCUT2D eigenvalue weighted by Crippen LogP contribution is -2.60. The number of piperazine rings is 1. The van der Waals surface area contributed by atoms with E-state index < -0.39 is 0 Å². The maximum absolute atomic E-state index is 11.8. The molecule has 0 bridgehead atoms. The first-order chi connectivity index (χ1) is 8.00. The van der Waals surface area contributed by atoms with Gasteiger partial charge in [-0.2, -0.15) is 0 Å². The van der Waals surface area contributed by atoms with Crippen LogP contribution in [0.2, 0.25) is 0 Å². The van der Waals surface area contributed by atoms with Crippen molar-refractivity contribution in [3.63, 3.8) is 0 Å². The summed E-state index contributed by atoms with van der Waals surface area (Å²) in [4.78, 5) is 26.5. The third-order valence-corrected chi connectivity index (χ3v) is 3.35. The first-order valence-corrected chi connectivity index (χ1v) is 5.87. The van der Waals surface area contributed by atoms with Crippen LogP contribution in [0, 0.1) is 0 Å². The number of hydrogen-bond acceptors (Lipinski definition) is 4. The largest absolute Gasteiger partial charge is 0.363 e. The number of ether oxygens (including phenoxy) is 1. The molecule has 2 fully saturated rings. The number of nitrogens with zero attached hydrogens (tertiary/aromatic N) is 2. The molecule has 0 unspecified atom stereocenters. The molecule has 0 radical (unpaired) electrons. The normalized spacial score (nSPS) is 23.5. The number of nitrogens with one attached hydrogen (secondary N) is 1. The predicted octanol–water partition coefficient (Wildman–Crippen LogP) is -1.33. The van der Waals surface area contributed by atoms with Crippen LogP contribution in [-0.2, 0) is 14.3 Å². The Labute approximate surface area is 101 Å². The van der Waals surface area contributed by atoms with Crippen molar-refractivity contribution in [2.24, 2.45) is 0 Å². The molecule has 2 rings (SSSR count). The van der Waals surface area contributed by atoms with E-state index in [0.29, 0.717) is 13.1 Å². The van der Waals surface area contributed by atoms with E-state index in [-0.39, 0.29) is 30.6 Å². The molecular formula is C11H19N3O3. The highest BCUT2D eigenvalue weighted by Gasteiger charge is 2.34. The van der Waals surface area contributed by atoms with Crippen LogP contribution in [0.4, 0.5) is 0 Å². The van der Waals surface area contributed by atoms with Crippen LogP contribution in [0.3, 0.4) is 0 Å². The number of carbonyl (C=O) groups excluding carboxylic acids is 2. The van der Waals surface area contributed by atoms with Crippen LogP contribution in [-0.4, -0.2) is 73.6 Å². The van der Waals surface area contributed by atoms with Gasteiger partial charge < -0.3 is 19.9 Å². The van der Waals surface area contributed by atoms with Crippen LogP contribution in [0.15, 0.2) is 0 Å². The van der Waals surface area contributed by atoms with Gasteiger partial charge in [0, 0.05) is 33.2 Å². The van der Waals surface area contributed by atoms with Gasteiger partial charge in [0.15, 0.2) is 0 Å². The van der Waals surface area contributed by atoms with Crippen molar-refractivity contribution >= 4 is 11.8 Å². The Morgan fingerprint density at radius 1 is 1.47 bits per heavy atom. The average molecular weight is 241 g/mol. The van der Waals surface area contributed by atoms with Gasteiger partial charge in [0.1, 0.15) is 6.61 Å². The van der Waals surface area contributed by atoms with E-state index in [1.54, 1.807) is 16.8 Å². The van der Waals surface area contributed by atoms with Gasteiger partial charge in [-0.15, -0.1) is 0 Å². The predicted molar refractivity (Wildman–Crippen MR) is 61.4 cm³/mol. The molecule has 17 heavy (non-hydrogen) atoms. The van der Waals surface area contributed by atoms with Gasteiger partial charge in [0.05, 0.1) is 12.1 Å². The Morgan fingerprint density at radius 2 is 2.18 bits per heavy atom. The summed E-state index contributed by atoms with van der Waals surface area (Å²) >= 11 is 0. The topological polar surface area (TPSA) is 61.9 Å². The molecule has 2 amide bonds. The highest BCUT2D eigenvalue weighted by molar-refractivity contribution is 5.86. The van der Waals surface area contributed by atoms with E-state index in [2.05, 4.69) is 5.32 Å². The smallest absolute Gasteiger partial charge is 0.249 e. The molecule has 0 aromatic rings. The third-order valence-electron chi connectivity index (χ3n) is 3.35. The van der Waals surface area contributed by atoms with Gasteiger partial charge >= 0.3 is 0 Å². The van der Waals surface area contributed by atoms with Crippen molar-refractivity contribution in [1.29, 1.82) is 0 Å². The lowest BCUT2D eigenvalue weighted by atomic mass is 10.0. The van der Waals surface area contributed by atoms with Crippen molar-refractivity contribution in [3.05, 3.63) is 0 Å². The van der Waals surface area contributed by atoms with Crippen molar-refractivity contribution in [1.82, 2.24) is 15.1 Å². The second kappa shape index (κ2) is 4.62. The molecule has 0 saturated carbocycles. The van der Waals surface area contributed by atoms with Gasteiger partial charge in [0.2, 0.25) is 11.8 Å². The number of rotatable bonds is 3. The lowest BCUT2D eigenvalue weighted by molar-refractivity contribution is -0.152. The van der Waals surface area contributed by atoms with E-state index in [0.717, 1.165) is 13.1 Å². The second-order valence-electron chi connectivity index (χ2n) is 4.97. The first kappa shape index (κ1) is 12.3. The first-order valence-electron chi connectivity index (χ1n) is 5.87. The summed E-state index contributed by atoms with van der Waals surface area (Å²) in [6.07, 6.45) is 0. The fourth-order valence-electron chi connectivity index (χ4n) is 1.88. The van der Waals surface area contributed by atoms with E-state index in [4.69, 9.17) is 4.74 Å². The molecular weight excluding hydrogens is 222 g/mol. The molecule has 0 aliphatic carbocycles. The summed E-state index contributed by atoms with van der Waals surface area (Å²) in [7, 11) is 1.75. The summed E-state index contributed by atoms with van der Waals surface area (Å²) in [5.74, 6) is -0.110. The summed E-state index contributed by atoms with van der Waals surface area (Å²) in [5, 5.41) is 3.11. The fraction of sp³-hybridized carbons (Fsp3) is 0.818. The summed E-state index contributed by atoms with van der Waals surface area (Å²) in [6, 6.07) is 0. The number of hydrogen-bond donors (Lipinski definition) is 1. The molecule has 2 saturated heterocycles. The number of amides is 2. The highest BCUT2D eigenvalue weighted by atomic mass is 16.5. The quantitative estimate of drug-likeness (QED) is 0.665. The summed E-state index contributed by atoms with van der Waals surface area (Å²) in [6.45, 7) is 4.97. The Balaban J connectivity index is 1.78. The number of carbonyl (C=O) groups is 2. The average Bonchev–Trinajstić information content (AvgIpc) is 2.27. The zero-order chi connectivity index (χ0) is 12.5. The van der Waals surface area contributed by atoms with E-state index >= 15 is 0 Å². The molecule has 0 atom stereocenters. The molecule has 2 aliphatic heterocycles. The Kier molecular flexibility index (Phi) is 3.35. The molecule has 0 aromatic heterocycles. The minimum atomic E-state index is -0.216. The van der Waals surface area contributed by atoms with Gasteiger partial charge in [-0.25, -0.2) is 0 Å². The maximum atomic E-state index is 11.8. The SMILES string of the molecule is CN1CCN(C(=O)COC2(C)CNC2)CC1=O. The van der Waals surface area contributed by atoms with Gasteiger partial charge in [-0.05, 0) is 6.92 Å².